The highest BCUT2D eigenvalue weighted by Crippen LogP contribution is 2.11. The summed E-state index contributed by atoms with van der Waals surface area (Å²) in [4.78, 5) is 11.5. The topological polar surface area (TPSA) is 35.5 Å². The van der Waals surface area contributed by atoms with Crippen molar-refractivity contribution in [1.82, 2.24) is 0 Å². The first-order valence-electron chi connectivity index (χ1n) is 4.70. The van der Waals surface area contributed by atoms with Crippen molar-refractivity contribution >= 4 is 5.97 Å². The first kappa shape index (κ1) is 11.9. The predicted octanol–water partition coefficient (Wildman–Crippen LogP) is 2.04. The summed E-state index contributed by atoms with van der Waals surface area (Å²) in [6.07, 6.45) is 8.08. The molecule has 0 aliphatic heterocycles. The van der Waals surface area contributed by atoms with Crippen LogP contribution in [0.4, 0.5) is 0 Å². The van der Waals surface area contributed by atoms with Gasteiger partial charge in [0.05, 0.1) is 12.7 Å². The van der Waals surface area contributed by atoms with Crippen molar-refractivity contribution in [1.29, 1.82) is 0 Å². The van der Waals surface area contributed by atoms with Gasteiger partial charge in [0, 0.05) is 0 Å². The minimum Gasteiger partial charge on any atom is -0.497 e. The Balaban J connectivity index is 2.53. The van der Waals surface area contributed by atoms with Crippen LogP contribution in [-0.4, -0.2) is 19.7 Å². The van der Waals surface area contributed by atoms with Crippen LogP contribution in [0.3, 0.4) is 0 Å². The summed E-state index contributed by atoms with van der Waals surface area (Å²) in [6, 6.07) is 6.69. The molecule has 1 rings (SSSR count). The maximum atomic E-state index is 11.5. The number of hydrogen-bond donors (Lipinski definition) is 0. The molecular weight excluding hydrogens is 204 g/mol. The van der Waals surface area contributed by atoms with E-state index in [1.54, 1.807) is 37.5 Å². The minimum absolute atomic E-state index is 0.176. The van der Waals surface area contributed by atoms with Gasteiger partial charge >= 0.3 is 5.97 Å². The van der Waals surface area contributed by atoms with Crippen LogP contribution in [0, 0.1) is 12.3 Å². The average molecular weight is 216 g/mol. The molecule has 0 radical (unpaired) electrons. The van der Waals surface area contributed by atoms with E-state index in [9.17, 15) is 4.79 Å². The molecule has 3 nitrogen and oxygen atoms in total. The highest BCUT2D eigenvalue weighted by atomic mass is 16.5. The molecule has 0 heterocycles. The number of carbonyl (C=O) groups excluding carboxylic acids is 1. The van der Waals surface area contributed by atoms with Gasteiger partial charge in [-0.05, 0) is 36.4 Å². The van der Waals surface area contributed by atoms with Gasteiger partial charge in [0.25, 0.3) is 0 Å². The Morgan fingerprint density at radius 3 is 2.69 bits per heavy atom. The summed E-state index contributed by atoms with van der Waals surface area (Å²) < 4.78 is 9.92. The molecule has 0 aliphatic rings. The van der Waals surface area contributed by atoms with Gasteiger partial charge in [0.15, 0.2) is 0 Å². The Morgan fingerprint density at radius 1 is 1.44 bits per heavy atom. The molecule has 0 bridgehead atoms. The number of allylic oxidation sites excluding steroid dienone is 1. The van der Waals surface area contributed by atoms with Crippen LogP contribution in [0.5, 0.6) is 5.75 Å². The van der Waals surface area contributed by atoms with Crippen molar-refractivity contribution < 1.29 is 14.3 Å². The highest BCUT2D eigenvalue weighted by Gasteiger charge is 2.05. The third kappa shape index (κ3) is 3.50. The third-order valence-corrected chi connectivity index (χ3v) is 1.85. The van der Waals surface area contributed by atoms with E-state index in [0.717, 1.165) is 0 Å². The molecule has 0 aliphatic carbocycles. The van der Waals surface area contributed by atoms with Crippen molar-refractivity contribution in [3.8, 4) is 18.1 Å². The fraction of sp³-hybridized carbons (Fsp3) is 0.154. The van der Waals surface area contributed by atoms with Crippen LogP contribution in [0.15, 0.2) is 36.4 Å². The zero-order valence-corrected chi connectivity index (χ0v) is 8.97. The average Bonchev–Trinajstić information content (AvgIpc) is 2.34. The first-order valence-corrected chi connectivity index (χ1v) is 4.70. The van der Waals surface area contributed by atoms with Crippen LogP contribution in [0.25, 0.3) is 0 Å². The second-order valence-electron chi connectivity index (χ2n) is 2.90. The Morgan fingerprint density at radius 2 is 2.12 bits per heavy atom. The number of esters is 1. The number of ether oxygens (including phenoxy) is 2. The predicted molar refractivity (Wildman–Crippen MR) is 61.2 cm³/mol. The van der Waals surface area contributed by atoms with Crippen LogP contribution >= 0.6 is 0 Å². The molecule has 0 unspecified atom stereocenters. The standard InChI is InChI=1S/C13H12O3/c1-3-4-5-10-16-13(14)11-6-8-12(15-2)9-7-11/h1,4-9H,10H2,2H3/b5-4+. The molecular formula is C13H12O3. The van der Waals surface area contributed by atoms with Gasteiger partial charge in [-0.25, -0.2) is 4.79 Å². The Kier molecular flexibility index (Phi) is 4.68. The van der Waals surface area contributed by atoms with Gasteiger partial charge in [0.1, 0.15) is 12.4 Å². The highest BCUT2D eigenvalue weighted by molar-refractivity contribution is 5.89. The van der Waals surface area contributed by atoms with Crippen LogP contribution in [0.1, 0.15) is 10.4 Å². The molecule has 1 aromatic carbocycles. The quantitative estimate of drug-likeness (QED) is 0.570. The van der Waals surface area contributed by atoms with Crippen LogP contribution in [0.2, 0.25) is 0 Å². The number of rotatable bonds is 4. The molecule has 16 heavy (non-hydrogen) atoms. The number of benzene rings is 1. The molecule has 0 saturated carbocycles. The van der Waals surface area contributed by atoms with Crippen molar-refractivity contribution in [2.24, 2.45) is 0 Å². The summed E-state index contributed by atoms with van der Waals surface area (Å²) in [6.45, 7) is 0.176. The monoisotopic (exact) mass is 216 g/mol. The lowest BCUT2D eigenvalue weighted by atomic mass is 10.2. The van der Waals surface area contributed by atoms with E-state index >= 15 is 0 Å². The SMILES string of the molecule is C#C/C=C/COC(=O)c1ccc(OC)cc1. The van der Waals surface area contributed by atoms with E-state index in [2.05, 4.69) is 5.92 Å². The van der Waals surface area contributed by atoms with Crippen molar-refractivity contribution in [3.63, 3.8) is 0 Å². The van der Waals surface area contributed by atoms with Crippen molar-refractivity contribution in [2.45, 2.75) is 0 Å². The number of carbonyl (C=O) groups is 1. The summed E-state index contributed by atoms with van der Waals surface area (Å²) in [5.74, 6) is 2.62. The van der Waals surface area contributed by atoms with Gasteiger partial charge in [-0.3, -0.25) is 0 Å². The zero-order valence-electron chi connectivity index (χ0n) is 8.97. The second-order valence-corrected chi connectivity index (χ2v) is 2.90. The van der Waals surface area contributed by atoms with Gasteiger partial charge in [-0.2, -0.15) is 0 Å². The minimum atomic E-state index is -0.385. The van der Waals surface area contributed by atoms with Crippen LogP contribution in [-0.2, 0) is 4.74 Å². The molecule has 0 spiro atoms. The third-order valence-electron chi connectivity index (χ3n) is 1.85. The van der Waals surface area contributed by atoms with Gasteiger partial charge in [-0.15, -0.1) is 6.42 Å². The van der Waals surface area contributed by atoms with E-state index in [0.29, 0.717) is 11.3 Å². The molecule has 0 aromatic heterocycles. The van der Waals surface area contributed by atoms with E-state index < -0.39 is 0 Å². The molecule has 82 valence electrons. The molecule has 3 heteroatoms. The van der Waals surface area contributed by atoms with E-state index in [1.165, 1.54) is 6.08 Å². The number of hydrogen-bond acceptors (Lipinski definition) is 3. The Labute approximate surface area is 94.7 Å². The largest absolute Gasteiger partial charge is 0.497 e. The normalized spacial score (nSPS) is 9.75. The molecule has 0 atom stereocenters. The molecule has 0 saturated heterocycles. The number of terminal acetylenes is 1. The molecule has 0 N–H and O–H groups in total. The van der Waals surface area contributed by atoms with Gasteiger partial charge in [0.2, 0.25) is 0 Å². The summed E-state index contributed by atoms with van der Waals surface area (Å²) in [7, 11) is 1.57. The second kappa shape index (κ2) is 6.31. The zero-order chi connectivity index (χ0) is 11.8. The van der Waals surface area contributed by atoms with E-state index in [4.69, 9.17) is 15.9 Å². The van der Waals surface area contributed by atoms with Gasteiger partial charge < -0.3 is 9.47 Å². The number of methoxy groups -OCH3 is 1. The Bertz CT molecular complexity index is 410. The molecule has 0 fully saturated rings. The van der Waals surface area contributed by atoms with Gasteiger partial charge in [-0.1, -0.05) is 5.92 Å². The van der Waals surface area contributed by atoms with Crippen LogP contribution < -0.4 is 4.74 Å². The lowest BCUT2D eigenvalue weighted by Crippen LogP contribution is -2.04. The maximum absolute atomic E-state index is 11.5. The lowest BCUT2D eigenvalue weighted by molar-refractivity contribution is 0.0549. The lowest BCUT2D eigenvalue weighted by Gasteiger charge is -2.03. The Hall–Kier alpha value is -2.21. The fourth-order valence-electron chi connectivity index (χ4n) is 1.05. The van der Waals surface area contributed by atoms with Crippen molar-refractivity contribution in [3.05, 3.63) is 42.0 Å². The smallest absolute Gasteiger partial charge is 0.338 e. The fourth-order valence-corrected chi connectivity index (χ4v) is 1.05. The van der Waals surface area contributed by atoms with E-state index in [-0.39, 0.29) is 12.6 Å². The summed E-state index contributed by atoms with van der Waals surface area (Å²) in [5.41, 5.74) is 0.481. The first-order chi connectivity index (χ1) is 7.77. The van der Waals surface area contributed by atoms with Crippen molar-refractivity contribution in [2.75, 3.05) is 13.7 Å². The summed E-state index contributed by atoms with van der Waals surface area (Å²) >= 11 is 0. The summed E-state index contributed by atoms with van der Waals surface area (Å²) in [5, 5.41) is 0. The molecule has 0 amide bonds. The molecule has 1 aromatic rings. The van der Waals surface area contributed by atoms with E-state index in [1.807, 2.05) is 0 Å². The maximum Gasteiger partial charge on any atom is 0.338 e.